The van der Waals surface area contributed by atoms with E-state index in [4.69, 9.17) is 0 Å². The third-order valence-electron chi connectivity index (χ3n) is 2.83. The highest BCUT2D eigenvalue weighted by atomic mass is 19.4. The Hall–Kier alpha value is -1.56. The van der Waals surface area contributed by atoms with Crippen LogP contribution < -0.4 is 10.6 Å². The van der Waals surface area contributed by atoms with E-state index in [1.807, 2.05) is 38.1 Å². The number of benzene rings is 1. The minimum Gasteiger partial charge on any atom is -0.354 e. The van der Waals surface area contributed by atoms with E-state index in [0.717, 1.165) is 11.1 Å². The number of nitrogens with one attached hydrogen (secondary N) is 2. The Morgan fingerprint density at radius 1 is 1.35 bits per heavy atom. The molecule has 0 aliphatic carbocycles. The Labute approximate surface area is 116 Å². The fourth-order valence-corrected chi connectivity index (χ4v) is 1.74. The molecule has 0 bridgehead atoms. The van der Waals surface area contributed by atoms with Gasteiger partial charge in [-0.2, -0.15) is 13.2 Å². The van der Waals surface area contributed by atoms with Gasteiger partial charge in [-0.1, -0.05) is 36.8 Å². The molecule has 0 heterocycles. The fraction of sp³-hybridized carbons (Fsp3) is 0.500. The molecule has 1 rings (SSSR count). The zero-order valence-electron chi connectivity index (χ0n) is 11.6. The molecule has 1 amide bonds. The van der Waals surface area contributed by atoms with Crippen molar-refractivity contribution in [1.82, 2.24) is 10.6 Å². The summed E-state index contributed by atoms with van der Waals surface area (Å²) >= 11 is 0. The lowest BCUT2D eigenvalue weighted by molar-refractivity contribution is -0.128. The molecule has 0 fully saturated rings. The molecule has 6 heteroatoms. The van der Waals surface area contributed by atoms with Gasteiger partial charge >= 0.3 is 6.18 Å². The van der Waals surface area contributed by atoms with Crippen LogP contribution in [0.15, 0.2) is 24.3 Å². The highest BCUT2D eigenvalue weighted by Crippen LogP contribution is 2.15. The highest BCUT2D eigenvalue weighted by Gasteiger charge is 2.26. The van der Waals surface area contributed by atoms with Gasteiger partial charge in [-0.15, -0.1) is 0 Å². The molecule has 0 saturated carbocycles. The first-order valence-electron chi connectivity index (χ1n) is 6.38. The second-order valence-electron chi connectivity index (χ2n) is 4.84. The number of halogens is 3. The van der Waals surface area contributed by atoms with E-state index in [-0.39, 0.29) is 12.5 Å². The summed E-state index contributed by atoms with van der Waals surface area (Å²) in [7, 11) is 0. The average molecular weight is 288 g/mol. The molecule has 0 radical (unpaired) electrons. The van der Waals surface area contributed by atoms with Gasteiger partial charge in [-0.05, 0) is 18.4 Å². The minimum atomic E-state index is -4.30. The number of amides is 1. The number of aryl methyl sites for hydroxylation is 1. The van der Waals surface area contributed by atoms with Crippen LogP contribution in [0.4, 0.5) is 13.2 Å². The van der Waals surface area contributed by atoms with E-state index >= 15 is 0 Å². The van der Waals surface area contributed by atoms with Crippen molar-refractivity contribution in [2.75, 3.05) is 19.6 Å². The van der Waals surface area contributed by atoms with E-state index in [0.29, 0.717) is 6.54 Å². The van der Waals surface area contributed by atoms with Gasteiger partial charge in [0.2, 0.25) is 5.91 Å². The first-order valence-corrected chi connectivity index (χ1v) is 6.38. The van der Waals surface area contributed by atoms with Gasteiger partial charge in [0.1, 0.15) is 0 Å². The molecule has 1 atom stereocenters. The van der Waals surface area contributed by atoms with Gasteiger partial charge in [0.15, 0.2) is 0 Å². The Balaban J connectivity index is 2.30. The van der Waals surface area contributed by atoms with Crippen molar-refractivity contribution >= 4 is 5.91 Å². The Morgan fingerprint density at radius 2 is 2.05 bits per heavy atom. The molecule has 1 aromatic carbocycles. The minimum absolute atomic E-state index is 0.112. The molecule has 0 aromatic heterocycles. The van der Waals surface area contributed by atoms with Crippen molar-refractivity contribution in [3.05, 3.63) is 35.4 Å². The van der Waals surface area contributed by atoms with Crippen LogP contribution in [0.25, 0.3) is 0 Å². The van der Waals surface area contributed by atoms with E-state index in [1.165, 1.54) is 0 Å². The van der Waals surface area contributed by atoms with E-state index in [2.05, 4.69) is 10.6 Å². The van der Waals surface area contributed by atoms with Crippen LogP contribution >= 0.6 is 0 Å². The largest absolute Gasteiger partial charge is 0.401 e. The summed E-state index contributed by atoms with van der Waals surface area (Å²) in [5.74, 6) is -0.324. The van der Waals surface area contributed by atoms with Crippen molar-refractivity contribution < 1.29 is 18.0 Å². The summed E-state index contributed by atoms with van der Waals surface area (Å²) < 4.78 is 35.7. The summed E-state index contributed by atoms with van der Waals surface area (Å²) in [5.41, 5.74) is 2.22. The number of hydrogen-bond acceptors (Lipinski definition) is 2. The maximum absolute atomic E-state index is 11.9. The normalized spacial score (nSPS) is 13.1. The molecule has 112 valence electrons. The third-order valence-corrected chi connectivity index (χ3v) is 2.83. The van der Waals surface area contributed by atoms with Crippen molar-refractivity contribution in [1.29, 1.82) is 0 Å². The maximum Gasteiger partial charge on any atom is 0.401 e. The molecular weight excluding hydrogens is 269 g/mol. The lowest BCUT2D eigenvalue weighted by atomic mass is 9.99. The number of rotatable bonds is 6. The van der Waals surface area contributed by atoms with E-state index in [1.54, 1.807) is 0 Å². The van der Waals surface area contributed by atoms with Crippen LogP contribution in [0, 0.1) is 6.92 Å². The number of alkyl halides is 3. The predicted octanol–water partition coefficient (Wildman–Crippen LogP) is 2.37. The van der Waals surface area contributed by atoms with Crippen molar-refractivity contribution in [2.45, 2.75) is 25.9 Å². The second-order valence-corrected chi connectivity index (χ2v) is 4.84. The van der Waals surface area contributed by atoms with Gasteiger partial charge in [0.05, 0.1) is 13.1 Å². The smallest absolute Gasteiger partial charge is 0.354 e. The van der Waals surface area contributed by atoms with Gasteiger partial charge < -0.3 is 10.6 Å². The third kappa shape index (κ3) is 6.56. The van der Waals surface area contributed by atoms with Gasteiger partial charge in [-0.25, -0.2) is 0 Å². The van der Waals surface area contributed by atoms with E-state index in [9.17, 15) is 18.0 Å². The van der Waals surface area contributed by atoms with Gasteiger partial charge in [0.25, 0.3) is 0 Å². The first-order chi connectivity index (χ1) is 9.28. The summed E-state index contributed by atoms with van der Waals surface area (Å²) in [4.78, 5) is 11.4. The SMILES string of the molecule is Cc1cccc([C@@H](C)CNC(=O)CNCC(F)(F)F)c1. The second kappa shape index (κ2) is 7.28. The monoisotopic (exact) mass is 288 g/mol. The molecule has 2 N–H and O–H groups in total. The van der Waals surface area contributed by atoms with Crippen LogP contribution in [0.5, 0.6) is 0 Å². The number of carbonyl (C=O) groups excluding carboxylic acids is 1. The topological polar surface area (TPSA) is 41.1 Å². The molecule has 0 aliphatic heterocycles. The molecule has 0 unspecified atom stereocenters. The van der Waals surface area contributed by atoms with E-state index < -0.39 is 18.6 Å². The molecule has 20 heavy (non-hydrogen) atoms. The summed E-state index contributed by atoms with van der Waals surface area (Å²) in [6.07, 6.45) is -4.30. The quantitative estimate of drug-likeness (QED) is 0.844. The lowest BCUT2D eigenvalue weighted by Gasteiger charge is -2.14. The first kappa shape index (κ1) is 16.5. The van der Waals surface area contributed by atoms with Crippen molar-refractivity contribution in [3.63, 3.8) is 0 Å². The van der Waals surface area contributed by atoms with Crippen LogP contribution in [-0.4, -0.2) is 31.7 Å². The van der Waals surface area contributed by atoms with Crippen LogP contribution in [-0.2, 0) is 4.79 Å². The molecule has 0 spiro atoms. The van der Waals surface area contributed by atoms with Crippen LogP contribution in [0.2, 0.25) is 0 Å². The maximum atomic E-state index is 11.9. The zero-order valence-corrected chi connectivity index (χ0v) is 11.6. The Bertz CT molecular complexity index is 446. The van der Waals surface area contributed by atoms with Crippen molar-refractivity contribution in [2.24, 2.45) is 0 Å². The fourth-order valence-electron chi connectivity index (χ4n) is 1.74. The predicted molar refractivity (Wildman–Crippen MR) is 71.5 cm³/mol. The summed E-state index contributed by atoms with van der Waals surface area (Å²) in [5, 5.41) is 4.68. The molecule has 0 aliphatic rings. The number of hydrogen-bond donors (Lipinski definition) is 2. The number of carbonyl (C=O) groups is 1. The van der Waals surface area contributed by atoms with Crippen molar-refractivity contribution in [3.8, 4) is 0 Å². The Morgan fingerprint density at radius 3 is 2.65 bits per heavy atom. The van der Waals surface area contributed by atoms with Gasteiger partial charge in [-0.3, -0.25) is 4.79 Å². The summed E-state index contributed by atoms with van der Waals surface area (Å²) in [6.45, 7) is 2.85. The molecule has 3 nitrogen and oxygen atoms in total. The molecule has 1 aromatic rings. The van der Waals surface area contributed by atoms with Gasteiger partial charge in [0, 0.05) is 6.54 Å². The lowest BCUT2D eigenvalue weighted by Crippen LogP contribution is -2.39. The van der Waals surface area contributed by atoms with Crippen LogP contribution in [0.1, 0.15) is 24.0 Å². The summed E-state index contributed by atoms with van der Waals surface area (Å²) in [6, 6.07) is 7.91. The average Bonchev–Trinajstić information content (AvgIpc) is 2.34. The molecular formula is C14H19F3N2O. The standard InChI is InChI=1S/C14H19F3N2O/c1-10-4-3-5-12(6-10)11(2)7-19-13(20)8-18-9-14(15,16)17/h3-6,11,18H,7-9H2,1-2H3,(H,19,20)/t11-/m0/s1. The zero-order chi connectivity index (χ0) is 15.2. The van der Waals surface area contributed by atoms with Crippen LogP contribution in [0.3, 0.4) is 0 Å². The molecule has 0 saturated heterocycles. The Kier molecular flexibility index (Phi) is 6.01. The highest BCUT2D eigenvalue weighted by molar-refractivity contribution is 5.78.